The third-order valence-electron chi connectivity index (χ3n) is 2.25. The second-order valence-corrected chi connectivity index (χ2v) is 4.23. The molecular formula is C13H20Cl2N2O2. The van der Waals surface area contributed by atoms with Crippen LogP contribution in [0, 0.1) is 0 Å². The van der Waals surface area contributed by atoms with Gasteiger partial charge in [-0.2, -0.15) is 0 Å². The lowest BCUT2D eigenvalue weighted by Gasteiger charge is -2.08. The zero-order valence-corrected chi connectivity index (χ0v) is 12.5. The third kappa shape index (κ3) is 7.93. The summed E-state index contributed by atoms with van der Waals surface area (Å²) in [6, 6.07) is 7.09. The Balaban J connectivity index is 0.00000324. The SMILES string of the molecule is CCCNCCNC(=O)COc1ccccc1Cl.Cl. The van der Waals surface area contributed by atoms with Crippen molar-refractivity contribution < 1.29 is 9.53 Å². The van der Waals surface area contributed by atoms with Crippen LogP contribution < -0.4 is 15.4 Å². The number of nitrogens with one attached hydrogen (secondary N) is 2. The minimum Gasteiger partial charge on any atom is -0.482 e. The van der Waals surface area contributed by atoms with Gasteiger partial charge in [0.2, 0.25) is 0 Å². The fraction of sp³-hybridized carbons (Fsp3) is 0.462. The van der Waals surface area contributed by atoms with E-state index in [1.807, 2.05) is 12.1 Å². The highest BCUT2D eigenvalue weighted by atomic mass is 35.5. The standard InChI is InChI=1S/C13H19ClN2O2.ClH/c1-2-7-15-8-9-16-13(17)10-18-12-6-4-3-5-11(12)14;/h3-6,15H,2,7-10H2,1H3,(H,16,17);1H. The average molecular weight is 307 g/mol. The summed E-state index contributed by atoms with van der Waals surface area (Å²) in [5.41, 5.74) is 0. The molecule has 0 saturated heterocycles. The lowest BCUT2D eigenvalue weighted by molar-refractivity contribution is -0.123. The molecule has 0 atom stereocenters. The van der Waals surface area contributed by atoms with Crippen molar-refractivity contribution in [2.24, 2.45) is 0 Å². The molecule has 0 fully saturated rings. The number of amides is 1. The normalized spacial score (nSPS) is 9.58. The van der Waals surface area contributed by atoms with E-state index >= 15 is 0 Å². The Hall–Kier alpha value is -0.970. The van der Waals surface area contributed by atoms with Gasteiger partial charge in [-0.25, -0.2) is 0 Å². The highest BCUT2D eigenvalue weighted by Gasteiger charge is 2.04. The third-order valence-corrected chi connectivity index (χ3v) is 2.56. The average Bonchev–Trinajstić information content (AvgIpc) is 2.37. The number of benzene rings is 1. The van der Waals surface area contributed by atoms with Gasteiger partial charge in [-0.1, -0.05) is 30.7 Å². The molecule has 1 aromatic carbocycles. The highest BCUT2D eigenvalue weighted by molar-refractivity contribution is 6.32. The minimum atomic E-state index is -0.145. The van der Waals surface area contributed by atoms with E-state index in [1.54, 1.807) is 12.1 Å². The van der Waals surface area contributed by atoms with E-state index in [1.165, 1.54) is 0 Å². The second kappa shape index (κ2) is 10.9. The highest BCUT2D eigenvalue weighted by Crippen LogP contribution is 2.22. The molecule has 0 heterocycles. The van der Waals surface area contributed by atoms with Crippen LogP contribution in [-0.2, 0) is 4.79 Å². The van der Waals surface area contributed by atoms with Crippen LogP contribution in [0.15, 0.2) is 24.3 Å². The van der Waals surface area contributed by atoms with Gasteiger partial charge in [0.05, 0.1) is 5.02 Å². The predicted octanol–water partition coefficient (Wildman–Crippen LogP) is 2.26. The van der Waals surface area contributed by atoms with E-state index < -0.39 is 0 Å². The van der Waals surface area contributed by atoms with Gasteiger partial charge in [0.1, 0.15) is 5.75 Å². The number of ether oxygens (including phenoxy) is 1. The molecule has 0 radical (unpaired) electrons. The van der Waals surface area contributed by atoms with Crippen LogP contribution >= 0.6 is 24.0 Å². The van der Waals surface area contributed by atoms with E-state index in [-0.39, 0.29) is 24.9 Å². The molecule has 1 amide bonds. The molecule has 2 N–H and O–H groups in total. The van der Waals surface area contributed by atoms with Crippen LogP contribution in [0.5, 0.6) is 5.75 Å². The molecule has 0 saturated carbocycles. The van der Waals surface area contributed by atoms with Gasteiger partial charge in [-0.3, -0.25) is 4.79 Å². The van der Waals surface area contributed by atoms with Crippen LogP contribution in [0.4, 0.5) is 0 Å². The summed E-state index contributed by atoms with van der Waals surface area (Å²) in [5, 5.41) is 6.47. The number of carbonyl (C=O) groups is 1. The maximum absolute atomic E-state index is 11.5. The number of carbonyl (C=O) groups excluding carboxylic acids is 1. The van der Waals surface area contributed by atoms with Crippen LogP contribution in [0.25, 0.3) is 0 Å². The maximum atomic E-state index is 11.5. The van der Waals surface area contributed by atoms with Gasteiger partial charge in [0.15, 0.2) is 6.61 Å². The molecule has 0 aliphatic heterocycles. The topological polar surface area (TPSA) is 50.4 Å². The van der Waals surface area contributed by atoms with Crippen molar-refractivity contribution in [1.82, 2.24) is 10.6 Å². The van der Waals surface area contributed by atoms with Crippen LogP contribution in [0.3, 0.4) is 0 Å². The molecule has 0 unspecified atom stereocenters. The second-order valence-electron chi connectivity index (χ2n) is 3.82. The summed E-state index contributed by atoms with van der Waals surface area (Å²) in [5.74, 6) is 0.381. The van der Waals surface area contributed by atoms with Crippen molar-refractivity contribution >= 4 is 29.9 Å². The van der Waals surface area contributed by atoms with Crippen molar-refractivity contribution in [2.75, 3.05) is 26.2 Å². The summed E-state index contributed by atoms with van der Waals surface area (Å²) < 4.78 is 5.31. The largest absolute Gasteiger partial charge is 0.482 e. The van der Waals surface area contributed by atoms with Crippen LogP contribution in [-0.4, -0.2) is 32.1 Å². The smallest absolute Gasteiger partial charge is 0.257 e. The monoisotopic (exact) mass is 306 g/mol. The van der Waals surface area contributed by atoms with Crippen molar-refractivity contribution in [2.45, 2.75) is 13.3 Å². The first-order valence-electron chi connectivity index (χ1n) is 6.08. The minimum absolute atomic E-state index is 0. The van der Waals surface area contributed by atoms with Gasteiger partial charge >= 0.3 is 0 Å². The maximum Gasteiger partial charge on any atom is 0.257 e. The molecule has 1 aromatic rings. The van der Waals surface area contributed by atoms with E-state index in [9.17, 15) is 4.79 Å². The van der Waals surface area contributed by atoms with E-state index in [4.69, 9.17) is 16.3 Å². The number of para-hydroxylation sites is 1. The molecule has 0 bridgehead atoms. The quantitative estimate of drug-likeness (QED) is 0.724. The summed E-state index contributed by atoms with van der Waals surface area (Å²) in [4.78, 5) is 11.5. The first-order chi connectivity index (χ1) is 8.74. The lowest BCUT2D eigenvalue weighted by Crippen LogP contribution is -2.35. The number of hydrogen-bond acceptors (Lipinski definition) is 3. The number of halogens is 2. The Kier molecular flexibility index (Phi) is 10.4. The van der Waals surface area contributed by atoms with Gasteiger partial charge < -0.3 is 15.4 Å². The van der Waals surface area contributed by atoms with Gasteiger partial charge in [0, 0.05) is 13.1 Å². The molecule has 0 spiro atoms. The fourth-order valence-electron chi connectivity index (χ4n) is 1.35. The first kappa shape index (κ1) is 18.0. The molecule has 1 rings (SSSR count). The van der Waals surface area contributed by atoms with Crippen molar-refractivity contribution in [3.05, 3.63) is 29.3 Å². The lowest BCUT2D eigenvalue weighted by atomic mass is 10.3. The summed E-state index contributed by atoms with van der Waals surface area (Å²) in [7, 11) is 0. The van der Waals surface area contributed by atoms with Crippen LogP contribution in [0.2, 0.25) is 5.02 Å². The van der Waals surface area contributed by atoms with E-state index in [0.717, 1.165) is 19.5 Å². The molecule has 19 heavy (non-hydrogen) atoms. The van der Waals surface area contributed by atoms with E-state index in [0.29, 0.717) is 17.3 Å². The summed E-state index contributed by atoms with van der Waals surface area (Å²) in [6.45, 7) is 4.42. The molecule has 0 aliphatic carbocycles. The predicted molar refractivity (Wildman–Crippen MR) is 80.4 cm³/mol. The molecule has 0 aromatic heterocycles. The van der Waals surface area contributed by atoms with Crippen molar-refractivity contribution in [1.29, 1.82) is 0 Å². The summed E-state index contributed by atoms with van der Waals surface area (Å²) in [6.07, 6.45) is 1.09. The Morgan fingerprint density at radius 3 is 2.68 bits per heavy atom. The van der Waals surface area contributed by atoms with Gasteiger partial charge in [0.25, 0.3) is 5.91 Å². The van der Waals surface area contributed by atoms with Crippen LogP contribution in [0.1, 0.15) is 13.3 Å². The Labute approximate surface area is 125 Å². The zero-order valence-electron chi connectivity index (χ0n) is 10.9. The zero-order chi connectivity index (χ0) is 13.2. The Bertz CT molecular complexity index is 375. The van der Waals surface area contributed by atoms with E-state index in [2.05, 4.69) is 17.6 Å². The first-order valence-corrected chi connectivity index (χ1v) is 6.46. The molecule has 0 aliphatic rings. The number of hydrogen-bond donors (Lipinski definition) is 2. The molecule has 4 nitrogen and oxygen atoms in total. The van der Waals surface area contributed by atoms with Gasteiger partial charge in [-0.05, 0) is 25.1 Å². The van der Waals surface area contributed by atoms with Crippen molar-refractivity contribution in [3.63, 3.8) is 0 Å². The van der Waals surface area contributed by atoms with Crippen molar-refractivity contribution in [3.8, 4) is 5.75 Å². The Morgan fingerprint density at radius 1 is 1.26 bits per heavy atom. The Morgan fingerprint density at radius 2 is 2.00 bits per heavy atom. The number of rotatable bonds is 8. The molecule has 6 heteroatoms. The fourth-order valence-corrected chi connectivity index (χ4v) is 1.54. The molecule has 108 valence electrons. The molecular weight excluding hydrogens is 287 g/mol. The summed E-state index contributed by atoms with van der Waals surface area (Å²) >= 11 is 5.90. The van der Waals surface area contributed by atoms with Gasteiger partial charge in [-0.15, -0.1) is 12.4 Å².